The Kier molecular flexibility index (Phi) is 4.15. The second-order valence-electron chi connectivity index (χ2n) is 4.57. The zero-order valence-electron chi connectivity index (χ0n) is 9.84. The lowest BCUT2D eigenvalue weighted by Crippen LogP contribution is -2.52. The second-order valence-corrected chi connectivity index (χ2v) is 5.88. The number of amides is 1. The zero-order valence-corrected chi connectivity index (χ0v) is 10.7. The summed E-state index contributed by atoms with van der Waals surface area (Å²) in [6.07, 6.45) is 4.92. The van der Waals surface area contributed by atoms with Gasteiger partial charge >= 0.3 is 0 Å². The van der Waals surface area contributed by atoms with Crippen LogP contribution in [0.1, 0.15) is 32.1 Å². The van der Waals surface area contributed by atoms with Crippen molar-refractivity contribution in [3.63, 3.8) is 0 Å². The molecule has 2 unspecified atom stereocenters. The van der Waals surface area contributed by atoms with E-state index >= 15 is 0 Å². The van der Waals surface area contributed by atoms with Crippen molar-refractivity contribution >= 4 is 23.5 Å². The van der Waals surface area contributed by atoms with Gasteiger partial charge in [-0.3, -0.25) is 4.79 Å². The van der Waals surface area contributed by atoms with Gasteiger partial charge in [0.15, 0.2) is 5.84 Å². The fourth-order valence-electron chi connectivity index (χ4n) is 2.53. The van der Waals surface area contributed by atoms with Crippen LogP contribution in [0.25, 0.3) is 0 Å². The Balaban J connectivity index is 2.07. The van der Waals surface area contributed by atoms with Crippen molar-refractivity contribution in [3.8, 4) is 0 Å². The number of carbonyl (C=O) groups is 1. The predicted molar refractivity (Wildman–Crippen MR) is 68.2 cm³/mol. The first-order chi connectivity index (χ1) is 8.24. The van der Waals surface area contributed by atoms with Crippen molar-refractivity contribution in [3.05, 3.63) is 0 Å². The standard InChI is InChI=1S/C11H19N3O2S/c12-10(13-16)8-4-1-2-6-14(8)11(15)9-5-3-7-17-9/h8-9,16H,1-7H2,(H2,12,13). The molecule has 0 radical (unpaired) electrons. The number of nitrogens with zero attached hydrogens (tertiary/aromatic N) is 2. The van der Waals surface area contributed by atoms with Gasteiger partial charge in [0.1, 0.15) is 0 Å². The molecule has 6 heteroatoms. The molecule has 2 fully saturated rings. The maximum absolute atomic E-state index is 12.3. The lowest BCUT2D eigenvalue weighted by Gasteiger charge is -2.36. The Labute approximate surface area is 105 Å². The maximum atomic E-state index is 12.3. The van der Waals surface area contributed by atoms with Crippen molar-refractivity contribution in [2.45, 2.75) is 43.4 Å². The molecule has 0 aliphatic carbocycles. The lowest BCUT2D eigenvalue weighted by atomic mass is 10.0. The largest absolute Gasteiger partial charge is 0.409 e. The van der Waals surface area contributed by atoms with Gasteiger partial charge < -0.3 is 15.8 Å². The highest BCUT2D eigenvalue weighted by molar-refractivity contribution is 8.00. The third-order valence-corrected chi connectivity index (χ3v) is 4.81. The van der Waals surface area contributed by atoms with Crippen LogP contribution < -0.4 is 5.73 Å². The van der Waals surface area contributed by atoms with Crippen LogP contribution in [-0.2, 0) is 4.79 Å². The number of oxime groups is 1. The zero-order chi connectivity index (χ0) is 12.3. The Morgan fingerprint density at radius 2 is 2.18 bits per heavy atom. The molecule has 2 rings (SSSR count). The Bertz CT molecular complexity index is 316. The van der Waals surface area contributed by atoms with E-state index < -0.39 is 0 Å². The molecule has 1 amide bonds. The number of likely N-dealkylation sites (tertiary alicyclic amines) is 1. The number of rotatable bonds is 2. The van der Waals surface area contributed by atoms with Crippen molar-refractivity contribution < 1.29 is 10.0 Å². The molecular formula is C11H19N3O2S. The monoisotopic (exact) mass is 257 g/mol. The topological polar surface area (TPSA) is 78.9 Å². The quantitative estimate of drug-likeness (QED) is 0.335. The highest BCUT2D eigenvalue weighted by Gasteiger charge is 2.35. The van der Waals surface area contributed by atoms with Gasteiger partial charge in [0, 0.05) is 6.54 Å². The molecule has 0 spiro atoms. The summed E-state index contributed by atoms with van der Waals surface area (Å²) in [5.74, 6) is 1.41. The lowest BCUT2D eigenvalue weighted by molar-refractivity contribution is -0.132. The molecule has 96 valence electrons. The molecular weight excluding hydrogens is 238 g/mol. The molecule has 2 aliphatic rings. The summed E-state index contributed by atoms with van der Waals surface area (Å²) in [5.41, 5.74) is 5.67. The first-order valence-corrected chi connectivity index (χ1v) is 7.18. The van der Waals surface area contributed by atoms with E-state index in [-0.39, 0.29) is 23.0 Å². The summed E-state index contributed by atoms with van der Waals surface area (Å²) in [6, 6.07) is -0.206. The summed E-state index contributed by atoms with van der Waals surface area (Å²) in [7, 11) is 0. The molecule has 0 aromatic rings. The maximum Gasteiger partial charge on any atom is 0.236 e. The van der Waals surface area contributed by atoms with E-state index in [1.165, 1.54) is 0 Å². The fourth-order valence-corrected chi connectivity index (χ4v) is 3.76. The Hall–Kier alpha value is -0.910. The molecule has 0 aromatic carbocycles. The van der Waals surface area contributed by atoms with Gasteiger partial charge in [-0.05, 0) is 37.9 Å². The van der Waals surface area contributed by atoms with Gasteiger partial charge in [0.2, 0.25) is 5.91 Å². The van der Waals surface area contributed by atoms with Gasteiger partial charge in [-0.25, -0.2) is 0 Å². The van der Waals surface area contributed by atoms with Crippen LogP contribution in [0.5, 0.6) is 0 Å². The van der Waals surface area contributed by atoms with E-state index in [9.17, 15) is 4.79 Å². The summed E-state index contributed by atoms with van der Waals surface area (Å²) in [5, 5.41) is 11.9. The SMILES string of the molecule is NC(=NO)C1CCCCN1C(=O)C1CCCS1. The molecule has 2 saturated heterocycles. The Morgan fingerprint density at radius 1 is 1.35 bits per heavy atom. The van der Waals surface area contributed by atoms with Crippen LogP contribution in [0.2, 0.25) is 0 Å². The predicted octanol–water partition coefficient (Wildman–Crippen LogP) is 1.01. The van der Waals surface area contributed by atoms with E-state index in [4.69, 9.17) is 10.9 Å². The molecule has 0 saturated carbocycles. The average molecular weight is 257 g/mol. The number of piperidine rings is 1. The number of carbonyl (C=O) groups excluding carboxylic acids is 1. The van der Waals surface area contributed by atoms with Gasteiger partial charge in [0.05, 0.1) is 11.3 Å². The number of amidine groups is 1. The van der Waals surface area contributed by atoms with Crippen LogP contribution in [-0.4, -0.2) is 45.4 Å². The summed E-state index contributed by atoms with van der Waals surface area (Å²) < 4.78 is 0. The minimum atomic E-state index is -0.206. The summed E-state index contributed by atoms with van der Waals surface area (Å²) in [4.78, 5) is 14.2. The van der Waals surface area contributed by atoms with Crippen molar-refractivity contribution in [2.24, 2.45) is 10.9 Å². The third-order valence-electron chi connectivity index (χ3n) is 3.45. The van der Waals surface area contributed by atoms with E-state index in [1.54, 1.807) is 11.8 Å². The molecule has 2 atom stereocenters. The molecule has 2 aliphatic heterocycles. The van der Waals surface area contributed by atoms with Crippen molar-refractivity contribution in [2.75, 3.05) is 12.3 Å². The molecule has 0 bridgehead atoms. The van der Waals surface area contributed by atoms with Crippen molar-refractivity contribution in [1.82, 2.24) is 4.90 Å². The minimum Gasteiger partial charge on any atom is -0.409 e. The first-order valence-electron chi connectivity index (χ1n) is 6.13. The van der Waals surface area contributed by atoms with Crippen LogP contribution in [0.3, 0.4) is 0 Å². The molecule has 3 N–H and O–H groups in total. The number of hydrogen-bond acceptors (Lipinski definition) is 4. The van der Waals surface area contributed by atoms with E-state index in [1.807, 2.05) is 4.90 Å². The number of nitrogens with two attached hydrogens (primary N) is 1. The fraction of sp³-hybridized carbons (Fsp3) is 0.818. The number of hydrogen-bond donors (Lipinski definition) is 2. The average Bonchev–Trinajstić information content (AvgIpc) is 2.91. The van der Waals surface area contributed by atoms with Crippen LogP contribution >= 0.6 is 11.8 Å². The van der Waals surface area contributed by atoms with Crippen molar-refractivity contribution in [1.29, 1.82) is 0 Å². The van der Waals surface area contributed by atoms with Gasteiger partial charge in [-0.15, -0.1) is 11.8 Å². The molecule has 5 nitrogen and oxygen atoms in total. The van der Waals surface area contributed by atoms with E-state index in [2.05, 4.69) is 5.16 Å². The minimum absolute atomic E-state index is 0.0853. The van der Waals surface area contributed by atoms with Gasteiger partial charge in [0.25, 0.3) is 0 Å². The highest BCUT2D eigenvalue weighted by Crippen LogP contribution is 2.30. The van der Waals surface area contributed by atoms with Crippen LogP contribution in [0, 0.1) is 0 Å². The highest BCUT2D eigenvalue weighted by atomic mass is 32.2. The first kappa shape index (κ1) is 12.5. The van der Waals surface area contributed by atoms with E-state index in [0.717, 1.165) is 44.4 Å². The van der Waals surface area contributed by atoms with Crippen LogP contribution in [0.4, 0.5) is 0 Å². The molecule has 17 heavy (non-hydrogen) atoms. The number of thioether (sulfide) groups is 1. The second kappa shape index (κ2) is 5.62. The van der Waals surface area contributed by atoms with E-state index in [0.29, 0.717) is 0 Å². The van der Waals surface area contributed by atoms with Gasteiger partial charge in [-0.2, -0.15) is 0 Å². The molecule has 2 heterocycles. The van der Waals surface area contributed by atoms with Gasteiger partial charge in [-0.1, -0.05) is 5.16 Å². The summed E-state index contributed by atoms with van der Waals surface area (Å²) in [6.45, 7) is 0.733. The normalized spacial score (nSPS) is 30.6. The van der Waals surface area contributed by atoms with Crippen LogP contribution in [0.15, 0.2) is 5.16 Å². The Morgan fingerprint density at radius 3 is 2.82 bits per heavy atom. The molecule has 0 aromatic heterocycles. The summed E-state index contributed by atoms with van der Waals surface area (Å²) >= 11 is 1.73. The smallest absolute Gasteiger partial charge is 0.236 e. The third kappa shape index (κ3) is 2.68.